The third-order valence-corrected chi connectivity index (χ3v) is 2.74. The summed E-state index contributed by atoms with van der Waals surface area (Å²) in [7, 11) is 0. The summed E-state index contributed by atoms with van der Waals surface area (Å²) in [5.41, 5.74) is -0.352. The third-order valence-electron chi connectivity index (χ3n) is 2.52. The Morgan fingerprint density at radius 1 is 1.43 bits per heavy atom. The summed E-state index contributed by atoms with van der Waals surface area (Å²) in [6.45, 7) is -9.74. The zero-order valence-corrected chi connectivity index (χ0v) is 12.8. The first-order valence-electron chi connectivity index (χ1n) is 10.5. The fourth-order valence-electron chi connectivity index (χ4n) is 1.58. The number of carboxylic acids is 1. The molecule has 1 aromatic rings. The molecule has 0 spiro atoms. The van der Waals surface area contributed by atoms with E-state index < -0.39 is 62.4 Å². The van der Waals surface area contributed by atoms with Crippen LogP contribution in [0.5, 0.6) is 0 Å². The van der Waals surface area contributed by atoms with E-state index in [2.05, 4.69) is 0 Å². The van der Waals surface area contributed by atoms with Gasteiger partial charge in [-0.2, -0.15) is 0 Å². The van der Waals surface area contributed by atoms with E-state index in [1.54, 1.807) is 0 Å². The first kappa shape index (κ1) is 10.0. The Balaban J connectivity index is 0.00000512. The number of hydrogen-bond acceptors (Lipinski definition) is 4. The monoisotopic (exact) mass is 343 g/mol. The largest absolute Gasteiger partial charge is 1.00 e. The summed E-state index contributed by atoms with van der Waals surface area (Å²) in [5, 5.41) is 12.8. The van der Waals surface area contributed by atoms with Gasteiger partial charge in [-0.25, -0.2) is 4.39 Å². The van der Waals surface area contributed by atoms with Gasteiger partial charge in [0.1, 0.15) is 5.82 Å². The summed E-state index contributed by atoms with van der Waals surface area (Å²) >= 11 is 5.66. The van der Waals surface area contributed by atoms with Gasteiger partial charge < -0.3 is 15.2 Å². The van der Waals surface area contributed by atoms with E-state index in [0.29, 0.717) is 0 Å². The van der Waals surface area contributed by atoms with Crippen LogP contribution >= 0.6 is 11.6 Å². The molecule has 120 valence electrons. The maximum Gasteiger partial charge on any atom is 1.00 e. The second kappa shape index (κ2) is 9.29. The Kier molecular flexibility index (Phi) is 4.06. The average Bonchev–Trinajstić information content (AvgIpc) is 2.61. The molecule has 2 rings (SSSR count). The van der Waals surface area contributed by atoms with E-state index in [1.807, 2.05) is 5.32 Å². The number of halogens is 2. The van der Waals surface area contributed by atoms with Crippen LogP contribution in [0.25, 0.3) is 0 Å². The standard InChI is InChI=1S/C15H18ClFN2O3.Li/c16-12-5-11(6-13(17)7-12)15(22)18-8-10-1-3-19(4-2-10)9-14(20)21;/h5-7,10H,1-4,8-9H2,(H,18,22)(H,20,21);/q;+1/p-1/i1D2,2D2,3D2,4D2,10D;. The maximum atomic E-state index is 13.5. The van der Waals surface area contributed by atoms with Crippen LogP contribution in [0.2, 0.25) is 5.02 Å². The average molecular weight is 344 g/mol. The van der Waals surface area contributed by atoms with Crippen molar-refractivity contribution in [3.05, 3.63) is 34.6 Å². The Hall–Kier alpha value is -1.06. The number of benzene rings is 1. The van der Waals surface area contributed by atoms with Crippen LogP contribution in [0.3, 0.4) is 0 Å². The predicted molar refractivity (Wildman–Crippen MR) is 77.9 cm³/mol. The minimum absolute atomic E-state index is 0. The first-order valence-corrected chi connectivity index (χ1v) is 6.42. The van der Waals surface area contributed by atoms with E-state index in [9.17, 15) is 19.1 Å². The number of carbonyl (C=O) groups is 2. The van der Waals surface area contributed by atoms with E-state index in [0.717, 1.165) is 18.2 Å². The molecule has 8 heteroatoms. The number of hydrogen-bond donors (Lipinski definition) is 1. The number of carbonyl (C=O) groups excluding carboxylic acids is 2. The fraction of sp³-hybridized carbons (Fsp3) is 0.467. The summed E-state index contributed by atoms with van der Waals surface area (Å²) < 4.78 is 86.3. The van der Waals surface area contributed by atoms with Crippen molar-refractivity contribution in [2.24, 2.45) is 5.89 Å². The van der Waals surface area contributed by atoms with Crippen LogP contribution in [0, 0.1) is 11.7 Å². The van der Waals surface area contributed by atoms with E-state index in [-0.39, 0.29) is 34.3 Å². The molecule has 1 saturated heterocycles. The van der Waals surface area contributed by atoms with Gasteiger partial charge in [-0.15, -0.1) is 0 Å². The molecule has 1 aliphatic rings. The minimum Gasteiger partial charge on any atom is -0.549 e. The SMILES string of the molecule is [2H]C1([2H])N(CC(=O)[O-])C([2H])([2H])C([2H])([2H])C([2H])(CNC(=O)c2cc(F)cc(Cl)c2)C1([2H])[2H].[Li+]. The van der Waals surface area contributed by atoms with Gasteiger partial charge >= 0.3 is 18.9 Å². The molecule has 0 unspecified atom stereocenters. The van der Waals surface area contributed by atoms with Crippen molar-refractivity contribution < 1.29 is 50.3 Å². The van der Waals surface area contributed by atoms with E-state index >= 15 is 0 Å². The molecule has 1 aliphatic heterocycles. The van der Waals surface area contributed by atoms with Gasteiger partial charge in [0.15, 0.2) is 0 Å². The number of carboxylic acid groups (broad SMARTS) is 1. The number of nitrogens with zero attached hydrogens (tertiary/aromatic N) is 1. The summed E-state index contributed by atoms with van der Waals surface area (Å²) in [4.78, 5) is 23.1. The maximum absolute atomic E-state index is 13.5. The van der Waals surface area contributed by atoms with Crippen molar-refractivity contribution in [1.82, 2.24) is 10.2 Å². The summed E-state index contributed by atoms with van der Waals surface area (Å²) in [6.07, 6.45) is -7.09. The third kappa shape index (κ3) is 6.52. The van der Waals surface area contributed by atoms with Crippen molar-refractivity contribution in [2.75, 3.05) is 26.1 Å². The van der Waals surface area contributed by atoms with Crippen LogP contribution in [-0.2, 0) is 4.79 Å². The molecule has 1 fully saturated rings. The predicted octanol–water partition coefficient (Wildman–Crippen LogP) is -2.33. The van der Waals surface area contributed by atoms with Crippen molar-refractivity contribution >= 4 is 23.5 Å². The van der Waals surface area contributed by atoms with E-state index in [1.165, 1.54) is 0 Å². The number of likely N-dealkylation sites (tertiary alicyclic amines) is 1. The van der Waals surface area contributed by atoms with Gasteiger partial charge in [-0.1, -0.05) is 11.6 Å². The van der Waals surface area contributed by atoms with Gasteiger partial charge in [0, 0.05) is 36.0 Å². The summed E-state index contributed by atoms with van der Waals surface area (Å²) in [6, 6.07) is 2.71. The fourth-order valence-corrected chi connectivity index (χ4v) is 1.80. The smallest absolute Gasteiger partial charge is 0.549 e. The molecule has 0 saturated carbocycles. The molecular weight excluding hydrogens is 318 g/mol. The van der Waals surface area contributed by atoms with Crippen molar-refractivity contribution in [1.29, 1.82) is 0 Å². The quantitative estimate of drug-likeness (QED) is 0.609. The Bertz CT molecular complexity index is 874. The number of aliphatic carboxylic acids is 1. The molecule has 0 aliphatic carbocycles. The van der Waals surface area contributed by atoms with Gasteiger partial charge in [0.25, 0.3) is 5.91 Å². The molecule has 0 radical (unpaired) electrons. The van der Waals surface area contributed by atoms with Gasteiger partial charge in [0.05, 0.1) is 5.97 Å². The van der Waals surface area contributed by atoms with Crippen LogP contribution in [0.15, 0.2) is 18.2 Å². The normalized spacial score (nSPS) is 31.7. The van der Waals surface area contributed by atoms with Crippen molar-refractivity contribution in [3.63, 3.8) is 0 Å². The first-order chi connectivity index (χ1) is 13.8. The Labute approximate surface area is 164 Å². The second-order valence-electron chi connectivity index (χ2n) is 4.25. The van der Waals surface area contributed by atoms with Crippen LogP contribution in [-0.4, -0.2) is 42.9 Å². The molecule has 0 atom stereocenters. The second-order valence-corrected chi connectivity index (χ2v) is 4.69. The van der Waals surface area contributed by atoms with Crippen LogP contribution < -0.4 is 29.3 Å². The molecule has 1 N–H and O–H groups in total. The Morgan fingerprint density at radius 3 is 2.65 bits per heavy atom. The molecular formula is C15H17ClFLiN2O3. The Morgan fingerprint density at radius 2 is 2.09 bits per heavy atom. The number of nitrogens with one attached hydrogen (secondary N) is 1. The molecule has 1 heterocycles. The van der Waals surface area contributed by atoms with Gasteiger partial charge in [0.2, 0.25) is 0 Å². The number of rotatable bonds is 5. The molecule has 23 heavy (non-hydrogen) atoms. The molecule has 1 amide bonds. The molecule has 0 bridgehead atoms. The minimum atomic E-state index is -3.54. The number of piperidine rings is 1. The summed E-state index contributed by atoms with van der Waals surface area (Å²) in [5.74, 6) is -7.26. The van der Waals surface area contributed by atoms with Gasteiger partial charge in [-0.05, 0) is 49.8 Å². The van der Waals surface area contributed by atoms with Crippen LogP contribution in [0.4, 0.5) is 4.39 Å². The molecule has 5 nitrogen and oxygen atoms in total. The zero-order valence-electron chi connectivity index (χ0n) is 21.1. The van der Waals surface area contributed by atoms with E-state index in [4.69, 9.17) is 23.9 Å². The van der Waals surface area contributed by atoms with Crippen LogP contribution in [0.1, 0.15) is 35.4 Å². The topological polar surface area (TPSA) is 72.5 Å². The van der Waals surface area contributed by atoms with Gasteiger partial charge in [-0.3, -0.25) is 9.69 Å². The number of amides is 1. The molecule has 1 aromatic carbocycles. The van der Waals surface area contributed by atoms with Crippen molar-refractivity contribution in [3.8, 4) is 0 Å². The molecule has 0 aromatic heterocycles. The van der Waals surface area contributed by atoms with Crippen molar-refractivity contribution in [2.45, 2.75) is 12.7 Å². The zero-order chi connectivity index (χ0) is 24.2.